The zero-order valence-electron chi connectivity index (χ0n) is 11.7. The van der Waals surface area contributed by atoms with E-state index in [1.165, 1.54) is 29.5 Å². The third-order valence-electron chi connectivity index (χ3n) is 3.91. The average Bonchev–Trinajstić information content (AvgIpc) is 2.55. The smallest absolute Gasteiger partial charge is 0.0126 e. The van der Waals surface area contributed by atoms with Gasteiger partial charge in [-0.15, -0.1) is 0 Å². The molecule has 0 amide bonds. The van der Waals surface area contributed by atoms with Gasteiger partial charge in [-0.05, 0) is 36.0 Å². The van der Waals surface area contributed by atoms with Crippen LogP contribution in [0.4, 0.5) is 0 Å². The number of allylic oxidation sites excluding steroid dienone is 4. The quantitative estimate of drug-likeness (QED) is 0.700. The van der Waals surface area contributed by atoms with Crippen molar-refractivity contribution in [1.29, 1.82) is 0 Å². The first-order valence-corrected chi connectivity index (χ1v) is 7.39. The number of hydrogen-bond acceptors (Lipinski definition) is 0. The Hall–Kier alpha value is -2.08. The van der Waals surface area contributed by atoms with Gasteiger partial charge in [0.15, 0.2) is 0 Å². The van der Waals surface area contributed by atoms with Crippen molar-refractivity contribution in [3.8, 4) is 0 Å². The maximum Gasteiger partial charge on any atom is 0.0126 e. The standard InChI is InChI=1S/C20H20/c1-4-10-17(11-5-1)16-20(18-12-6-2-7-13-18)19-14-8-3-9-15-19/h1-2,4-8,10-15,20H,3,9,16H2. The van der Waals surface area contributed by atoms with E-state index in [1.807, 2.05) is 0 Å². The fourth-order valence-electron chi connectivity index (χ4n) is 2.86. The van der Waals surface area contributed by atoms with Crippen LogP contribution >= 0.6 is 0 Å². The second-order valence-electron chi connectivity index (χ2n) is 5.34. The zero-order valence-corrected chi connectivity index (χ0v) is 11.7. The highest BCUT2D eigenvalue weighted by atomic mass is 14.2. The van der Waals surface area contributed by atoms with Crippen molar-refractivity contribution in [2.45, 2.75) is 25.2 Å². The molecule has 100 valence electrons. The molecule has 0 saturated carbocycles. The van der Waals surface area contributed by atoms with E-state index in [-0.39, 0.29) is 0 Å². The van der Waals surface area contributed by atoms with E-state index in [0.29, 0.717) is 5.92 Å². The van der Waals surface area contributed by atoms with Crippen LogP contribution < -0.4 is 0 Å². The van der Waals surface area contributed by atoms with E-state index in [1.54, 1.807) is 0 Å². The van der Waals surface area contributed by atoms with E-state index in [0.717, 1.165) is 6.42 Å². The van der Waals surface area contributed by atoms with Gasteiger partial charge in [0, 0.05) is 5.92 Å². The Labute approximate surface area is 121 Å². The van der Waals surface area contributed by atoms with Gasteiger partial charge < -0.3 is 0 Å². The van der Waals surface area contributed by atoms with Crippen LogP contribution in [0.1, 0.15) is 29.9 Å². The molecule has 1 aliphatic rings. The highest BCUT2D eigenvalue weighted by molar-refractivity contribution is 5.38. The van der Waals surface area contributed by atoms with Crippen molar-refractivity contribution in [1.82, 2.24) is 0 Å². The predicted molar refractivity (Wildman–Crippen MR) is 85.8 cm³/mol. The molecule has 1 aliphatic carbocycles. The SMILES string of the molecule is C1=CC(C(Cc2ccccc2)c2ccccc2)=CCC1. The molecule has 0 aromatic heterocycles. The van der Waals surface area contributed by atoms with E-state index in [4.69, 9.17) is 0 Å². The molecule has 20 heavy (non-hydrogen) atoms. The molecule has 0 fully saturated rings. The number of hydrogen-bond donors (Lipinski definition) is 0. The van der Waals surface area contributed by atoms with E-state index < -0.39 is 0 Å². The van der Waals surface area contributed by atoms with Crippen molar-refractivity contribution < 1.29 is 0 Å². The molecule has 1 unspecified atom stereocenters. The lowest BCUT2D eigenvalue weighted by molar-refractivity contribution is 0.788. The maximum absolute atomic E-state index is 2.40. The molecule has 0 spiro atoms. The minimum Gasteiger partial charge on any atom is -0.0839 e. The number of benzene rings is 2. The van der Waals surface area contributed by atoms with Crippen LogP contribution in [0, 0.1) is 0 Å². The zero-order chi connectivity index (χ0) is 13.6. The van der Waals surface area contributed by atoms with E-state index >= 15 is 0 Å². The Morgan fingerprint density at radius 3 is 2.15 bits per heavy atom. The summed E-state index contributed by atoms with van der Waals surface area (Å²) in [7, 11) is 0. The highest BCUT2D eigenvalue weighted by Crippen LogP contribution is 2.31. The van der Waals surface area contributed by atoms with Gasteiger partial charge in [0.2, 0.25) is 0 Å². The summed E-state index contributed by atoms with van der Waals surface area (Å²) < 4.78 is 0. The molecule has 0 heteroatoms. The molecule has 3 rings (SSSR count). The summed E-state index contributed by atoms with van der Waals surface area (Å²) in [4.78, 5) is 0. The monoisotopic (exact) mass is 260 g/mol. The van der Waals surface area contributed by atoms with E-state index in [9.17, 15) is 0 Å². The van der Waals surface area contributed by atoms with Crippen LogP contribution in [-0.4, -0.2) is 0 Å². The number of rotatable bonds is 4. The lowest BCUT2D eigenvalue weighted by Crippen LogP contribution is -2.06. The molecule has 2 aromatic rings. The van der Waals surface area contributed by atoms with Crippen molar-refractivity contribution in [2.75, 3.05) is 0 Å². The molecule has 0 bridgehead atoms. The second kappa shape index (κ2) is 6.38. The van der Waals surface area contributed by atoms with Crippen LogP contribution in [0.2, 0.25) is 0 Å². The Kier molecular flexibility index (Phi) is 4.13. The minimum absolute atomic E-state index is 0.468. The highest BCUT2D eigenvalue weighted by Gasteiger charge is 2.16. The van der Waals surface area contributed by atoms with Gasteiger partial charge in [-0.25, -0.2) is 0 Å². The van der Waals surface area contributed by atoms with Crippen LogP contribution in [0.15, 0.2) is 84.5 Å². The lowest BCUT2D eigenvalue weighted by Gasteiger charge is -2.21. The second-order valence-corrected chi connectivity index (χ2v) is 5.34. The van der Waals surface area contributed by atoms with E-state index in [2.05, 4.69) is 78.9 Å². The van der Waals surface area contributed by atoms with Crippen molar-refractivity contribution in [2.24, 2.45) is 0 Å². The third kappa shape index (κ3) is 3.08. The Bertz CT molecular complexity index is 590. The van der Waals surface area contributed by atoms with Crippen molar-refractivity contribution >= 4 is 0 Å². The first kappa shape index (κ1) is 12.9. The minimum atomic E-state index is 0.468. The molecular formula is C20H20. The normalized spacial score (nSPS) is 15.7. The lowest BCUT2D eigenvalue weighted by atomic mass is 9.83. The molecule has 0 heterocycles. The molecule has 0 aliphatic heterocycles. The average molecular weight is 260 g/mol. The van der Waals surface area contributed by atoms with Gasteiger partial charge >= 0.3 is 0 Å². The van der Waals surface area contributed by atoms with Gasteiger partial charge in [-0.3, -0.25) is 0 Å². The van der Waals surface area contributed by atoms with Crippen LogP contribution in [-0.2, 0) is 6.42 Å². The van der Waals surface area contributed by atoms with Crippen LogP contribution in [0.25, 0.3) is 0 Å². The fraction of sp³-hybridized carbons (Fsp3) is 0.200. The summed E-state index contributed by atoms with van der Waals surface area (Å²) in [6.45, 7) is 0. The first-order valence-electron chi connectivity index (χ1n) is 7.39. The largest absolute Gasteiger partial charge is 0.0839 e. The summed E-state index contributed by atoms with van der Waals surface area (Å²) in [5.74, 6) is 0.468. The summed E-state index contributed by atoms with van der Waals surface area (Å²) in [5, 5.41) is 0. The molecule has 0 nitrogen and oxygen atoms in total. The van der Waals surface area contributed by atoms with Crippen molar-refractivity contribution in [3.63, 3.8) is 0 Å². The topological polar surface area (TPSA) is 0 Å². The van der Waals surface area contributed by atoms with Gasteiger partial charge in [-0.1, -0.05) is 78.9 Å². The van der Waals surface area contributed by atoms with Crippen molar-refractivity contribution in [3.05, 3.63) is 95.6 Å². The molecular weight excluding hydrogens is 240 g/mol. The molecule has 0 radical (unpaired) electrons. The molecule has 0 N–H and O–H groups in total. The molecule has 0 saturated heterocycles. The summed E-state index contributed by atoms with van der Waals surface area (Å²) >= 11 is 0. The van der Waals surface area contributed by atoms with Gasteiger partial charge in [0.1, 0.15) is 0 Å². The van der Waals surface area contributed by atoms with Gasteiger partial charge in [-0.2, -0.15) is 0 Å². The Balaban J connectivity index is 1.91. The summed E-state index contributed by atoms with van der Waals surface area (Å²) in [6.07, 6.45) is 10.4. The Morgan fingerprint density at radius 2 is 1.50 bits per heavy atom. The van der Waals surface area contributed by atoms with Crippen LogP contribution in [0.5, 0.6) is 0 Å². The molecule has 1 atom stereocenters. The van der Waals surface area contributed by atoms with Crippen LogP contribution in [0.3, 0.4) is 0 Å². The predicted octanol–water partition coefficient (Wildman–Crippen LogP) is 5.29. The first-order chi connectivity index (χ1) is 9.93. The van der Waals surface area contributed by atoms with Gasteiger partial charge in [0.05, 0.1) is 0 Å². The summed E-state index contributed by atoms with van der Waals surface area (Å²) in [5.41, 5.74) is 4.28. The van der Waals surface area contributed by atoms with Gasteiger partial charge in [0.25, 0.3) is 0 Å². The third-order valence-corrected chi connectivity index (χ3v) is 3.91. The summed E-state index contributed by atoms with van der Waals surface area (Å²) in [6, 6.07) is 21.7. The molecule has 2 aromatic carbocycles. The maximum atomic E-state index is 2.40. The Morgan fingerprint density at radius 1 is 0.800 bits per heavy atom. The fourth-order valence-corrected chi connectivity index (χ4v) is 2.86.